The Hall–Kier alpha value is -0.220. The predicted octanol–water partition coefficient (Wildman–Crippen LogP) is 1.61. The Kier molecular flexibility index (Phi) is 3.82. The highest BCUT2D eigenvalue weighted by molar-refractivity contribution is 7.91. The highest BCUT2D eigenvalue weighted by Gasteiger charge is 2.32. The first-order chi connectivity index (χ1) is 5.55. The Balaban J connectivity index is 4.24. The Bertz CT molecular complexity index is 191. The first-order valence-corrected chi connectivity index (χ1v) is 5.43. The Morgan fingerprint density at radius 1 is 1.15 bits per heavy atom. The lowest BCUT2D eigenvalue weighted by atomic mass is 9.96. The van der Waals surface area contributed by atoms with Gasteiger partial charge in [-0.1, -0.05) is 20.8 Å². The van der Waals surface area contributed by atoms with Crippen molar-refractivity contribution in [3.05, 3.63) is 0 Å². The molecule has 0 saturated heterocycles. The molecule has 1 unspecified atom stereocenters. The van der Waals surface area contributed by atoms with Crippen LogP contribution in [0.1, 0.15) is 41.5 Å². The van der Waals surface area contributed by atoms with E-state index < -0.39 is 21.5 Å². The van der Waals surface area contributed by atoms with Crippen LogP contribution in [0.2, 0.25) is 0 Å². The molecule has 0 spiro atoms. The van der Waals surface area contributed by atoms with Gasteiger partial charge in [0.15, 0.2) is 0 Å². The maximum atomic E-state index is 11.5. The van der Waals surface area contributed by atoms with Crippen molar-refractivity contribution in [1.82, 2.24) is 4.72 Å². The summed E-state index contributed by atoms with van der Waals surface area (Å²) < 4.78 is 13.6. The van der Waals surface area contributed by atoms with Gasteiger partial charge < -0.3 is 4.55 Å². The summed E-state index contributed by atoms with van der Waals surface area (Å²) in [5.74, 6) is -0.180. The first kappa shape index (κ1) is 12.8. The van der Waals surface area contributed by atoms with Crippen LogP contribution in [0, 0.1) is 5.41 Å². The fourth-order valence-corrected chi connectivity index (χ4v) is 1.17. The zero-order valence-electron chi connectivity index (χ0n) is 9.22. The first-order valence-electron chi connectivity index (χ1n) is 4.28. The fraction of sp³-hybridized carbons (Fsp3) is 0.889. The second kappa shape index (κ2) is 3.88. The molecule has 0 fully saturated rings. The van der Waals surface area contributed by atoms with Crippen molar-refractivity contribution in [2.45, 2.75) is 46.3 Å². The molecule has 3 nitrogen and oxygen atoms in total. The van der Waals surface area contributed by atoms with E-state index in [1.807, 2.05) is 20.8 Å². The molecule has 0 aliphatic rings. The summed E-state index contributed by atoms with van der Waals surface area (Å²) in [5.41, 5.74) is -0.485. The van der Waals surface area contributed by atoms with E-state index in [1.165, 1.54) is 0 Å². The third kappa shape index (κ3) is 4.52. The monoisotopic (exact) mass is 205 g/mol. The van der Waals surface area contributed by atoms with Crippen molar-refractivity contribution in [2.75, 3.05) is 0 Å². The van der Waals surface area contributed by atoms with Crippen LogP contribution in [0.5, 0.6) is 0 Å². The second-order valence-corrected chi connectivity index (χ2v) is 7.03. The predicted molar refractivity (Wildman–Crippen MR) is 55.5 cm³/mol. The minimum Gasteiger partial charge on any atom is -0.593 e. The number of amides is 1. The van der Waals surface area contributed by atoms with E-state index in [0.717, 1.165) is 0 Å². The molecule has 4 heteroatoms. The third-order valence-corrected chi connectivity index (χ3v) is 2.91. The molecule has 1 N–H and O–H groups in total. The van der Waals surface area contributed by atoms with Gasteiger partial charge in [0.05, 0.1) is 11.4 Å². The minimum absolute atomic E-state index is 0.180. The summed E-state index contributed by atoms with van der Waals surface area (Å²) in [6.07, 6.45) is 0. The molecule has 0 aromatic heterocycles. The largest absolute Gasteiger partial charge is 0.593 e. The number of hydrogen-bond donors (Lipinski definition) is 1. The average Bonchev–Trinajstić information content (AvgIpc) is 1.82. The average molecular weight is 205 g/mol. The summed E-state index contributed by atoms with van der Waals surface area (Å²) in [4.78, 5) is 11.4. The van der Waals surface area contributed by atoms with Gasteiger partial charge >= 0.3 is 0 Å². The van der Waals surface area contributed by atoms with Gasteiger partial charge in [0.25, 0.3) is 5.91 Å². The Morgan fingerprint density at radius 3 is 1.77 bits per heavy atom. The van der Waals surface area contributed by atoms with Crippen LogP contribution in [-0.4, -0.2) is 15.2 Å². The van der Waals surface area contributed by atoms with Gasteiger partial charge in [-0.15, -0.1) is 0 Å². The van der Waals surface area contributed by atoms with Gasteiger partial charge in [0.2, 0.25) is 0 Å². The van der Waals surface area contributed by atoms with E-state index in [9.17, 15) is 9.35 Å². The summed E-state index contributed by atoms with van der Waals surface area (Å²) >= 11 is -1.31. The molecule has 13 heavy (non-hydrogen) atoms. The van der Waals surface area contributed by atoms with E-state index in [0.29, 0.717) is 0 Å². The highest BCUT2D eigenvalue weighted by Crippen LogP contribution is 2.17. The summed E-state index contributed by atoms with van der Waals surface area (Å²) in [6, 6.07) is 0. The molecule has 0 saturated carbocycles. The third-order valence-electron chi connectivity index (χ3n) is 1.42. The van der Waals surface area contributed by atoms with E-state index in [-0.39, 0.29) is 5.91 Å². The molecule has 0 aliphatic heterocycles. The second-order valence-electron chi connectivity index (χ2n) is 5.06. The molecule has 0 heterocycles. The lowest BCUT2D eigenvalue weighted by molar-refractivity contribution is -0.126. The summed E-state index contributed by atoms with van der Waals surface area (Å²) in [6.45, 7) is 10.9. The molecule has 0 aliphatic carbocycles. The maximum absolute atomic E-state index is 11.5. The smallest absolute Gasteiger partial charge is 0.266 e. The maximum Gasteiger partial charge on any atom is 0.266 e. The number of rotatable bonds is 1. The van der Waals surface area contributed by atoms with E-state index in [2.05, 4.69) is 4.72 Å². The van der Waals surface area contributed by atoms with Crippen molar-refractivity contribution >= 4 is 17.3 Å². The number of nitrogens with one attached hydrogen (secondary N) is 1. The standard InChI is InChI=1S/C9H19NO2S/c1-8(2,3)7(11)10-13(12)9(4,5)6/h1-6H3,(H,10,11). The number of carbonyl (C=O) groups excluding carboxylic acids is 1. The van der Waals surface area contributed by atoms with E-state index in [4.69, 9.17) is 0 Å². The quantitative estimate of drug-likeness (QED) is 0.661. The van der Waals surface area contributed by atoms with Gasteiger partial charge in [0.1, 0.15) is 4.75 Å². The zero-order valence-corrected chi connectivity index (χ0v) is 10.0. The van der Waals surface area contributed by atoms with Gasteiger partial charge in [-0.05, 0) is 20.8 Å². The van der Waals surface area contributed by atoms with Gasteiger partial charge in [0, 0.05) is 5.41 Å². The van der Waals surface area contributed by atoms with E-state index in [1.54, 1.807) is 20.8 Å². The summed E-state index contributed by atoms with van der Waals surface area (Å²) in [7, 11) is 0. The molecule has 1 atom stereocenters. The number of carbonyl (C=O) groups is 1. The topological polar surface area (TPSA) is 52.2 Å². The van der Waals surface area contributed by atoms with E-state index >= 15 is 0 Å². The molecule has 0 aromatic carbocycles. The molecular formula is C9H19NO2S. The van der Waals surface area contributed by atoms with Crippen molar-refractivity contribution < 1.29 is 9.35 Å². The van der Waals surface area contributed by atoms with Crippen molar-refractivity contribution in [3.8, 4) is 0 Å². The van der Waals surface area contributed by atoms with Gasteiger partial charge in [-0.2, -0.15) is 4.72 Å². The molecule has 78 valence electrons. The normalized spacial score (nSPS) is 15.3. The lowest BCUT2D eigenvalue weighted by Crippen LogP contribution is -2.46. The molecule has 0 bridgehead atoms. The van der Waals surface area contributed by atoms with Crippen LogP contribution < -0.4 is 4.72 Å². The zero-order chi connectivity index (χ0) is 10.9. The van der Waals surface area contributed by atoms with Crippen LogP contribution in [0.4, 0.5) is 0 Å². The van der Waals surface area contributed by atoms with Crippen LogP contribution in [0.15, 0.2) is 0 Å². The van der Waals surface area contributed by atoms with Crippen LogP contribution in [-0.2, 0) is 16.2 Å². The SMILES string of the molecule is CC(C)(C)C(=O)N[S+]([O-])C(C)(C)C. The number of hydrogen-bond acceptors (Lipinski definition) is 2. The Morgan fingerprint density at radius 2 is 1.54 bits per heavy atom. The minimum atomic E-state index is -1.31. The summed E-state index contributed by atoms with van der Waals surface area (Å²) in [5, 5.41) is 0. The highest BCUT2D eigenvalue weighted by atomic mass is 32.2. The van der Waals surface area contributed by atoms with Gasteiger partial charge in [-0.25, -0.2) is 0 Å². The van der Waals surface area contributed by atoms with Gasteiger partial charge in [-0.3, -0.25) is 4.79 Å². The van der Waals surface area contributed by atoms with Crippen LogP contribution in [0.25, 0.3) is 0 Å². The molecule has 0 aromatic rings. The van der Waals surface area contributed by atoms with Crippen LogP contribution >= 0.6 is 0 Å². The molecule has 1 amide bonds. The molecule has 0 rings (SSSR count). The molecular weight excluding hydrogens is 186 g/mol. The fourth-order valence-electron chi connectivity index (χ4n) is 0.390. The van der Waals surface area contributed by atoms with Crippen molar-refractivity contribution in [2.24, 2.45) is 5.41 Å². The van der Waals surface area contributed by atoms with Crippen molar-refractivity contribution in [3.63, 3.8) is 0 Å². The Labute approximate surface area is 83.6 Å². The van der Waals surface area contributed by atoms with Crippen molar-refractivity contribution in [1.29, 1.82) is 0 Å². The van der Waals surface area contributed by atoms with Crippen LogP contribution in [0.3, 0.4) is 0 Å². The molecule has 0 radical (unpaired) electrons. The lowest BCUT2D eigenvalue weighted by Gasteiger charge is -2.26.